The minimum Gasteiger partial charge on any atom is -0.382 e. The molecule has 1 aromatic carbocycles. The van der Waals surface area contributed by atoms with Gasteiger partial charge in [0.15, 0.2) is 5.96 Å². The minimum absolute atomic E-state index is 0. The highest BCUT2D eigenvalue weighted by Crippen LogP contribution is 2.29. The van der Waals surface area contributed by atoms with E-state index >= 15 is 0 Å². The molecular formula is C19H31F3IN3O2. The van der Waals surface area contributed by atoms with Gasteiger partial charge >= 0.3 is 6.18 Å². The number of aliphatic imine (C=N–C) groups is 1. The molecule has 5 nitrogen and oxygen atoms in total. The van der Waals surface area contributed by atoms with Crippen molar-refractivity contribution in [2.75, 3.05) is 47.1 Å². The number of nitrogens with one attached hydrogen (secondary N) is 1. The fourth-order valence-corrected chi connectivity index (χ4v) is 2.36. The summed E-state index contributed by atoms with van der Waals surface area (Å²) in [6.45, 7) is 5.70. The van der Waals surface area contributed by atoms with Crippen LogP contribution in [-0.4, -0.2) is 57.9 Å². The van der Waals surface area contributed by atoms with Crippen molar-refractivity contribution in [3.05, 3.63) is 35.4 Å². The number of nitrogens with zero attached hydrogens (tertiary/aromatic N) is 2. The number of rotatable bonds is 11. The van der Waals surface area contributed by atoms with Crippen LogP contribution in [0, 0.1) is 0 Å². The summed E-state index contributed by atoms with van der Waals surface area (Å²) >= 11 is 0. The molecule has 28 heavy (non-hydrogen) atoms. The van der Waals surface area contributed by atoms with E-state index in [-0.39, 0.29) is 24.0 Å². The average Bonchev–Trinajstić information content (AvgIpc) is 2.62. The molecule has 1 N–H and O–H groups in total. The Morgan fingerprint density at radius 1 is 1.11 bits per heavy atom. The molecule has 0 atom stereocenters. The fraction of sp³-hybridized carbons (Fsp3) is 0.632. The van der Waals surface area contributed by atoms with Crippen LogP contribution in [0.3, 0.4) is 0 Å². The van der Waals surface area contributed by atoms with Gasteiger partial charge in [0, 0.05) is 40.4 Å². The second-order valence-corrected chi connectivity index (χ2v) is 6.10. The molecule has 0 saturated carbocycles. The van der Waals surface area contributed by atoms with Crippen LogP contribution in [-0.2, 0) is 22.2 Å². The lowest BCUT2D eigenvalue weighted by molar-refractivity contribution is -0.137. The lowest BCUT2D eigenvalue weighted by Gasteiger charge is -2.22. The Morgan fingerprint density at radius 3 is 2.36 bits per heavy atom. The first-order valence-electron chi connectivity index (χ1n) is 9.10. The molecule has 0 heterocycles. The summed E-state index contributed by atoms with van der Waals surface area (Å²) in [5.74, 6) is 0.734. The third-order valence-electron chi connectivity index (χ3n) is 3.79. The molecule has 1 aromatic rings. The van der Waals surface area contributed by atoms with E-state index in [1.807, 2.05) is 18.9 Å². The largest absolute Gasteiger partial charge is 0.416 e. The van der Waals surface area contributed by atoms with E-state index < -0.39 is 11.7 Å². The van der Waals surface area contributed by atoms with Crippen molar-refractivity contribution in [3.8, 4) is 0 Å². The van der Waals surface area contributed by atoms with E-state index in [0.717, 1.165) is 43.0 Å². The molecule has 1 rings (SSSR count). The van der Waals surface area contributed by atoms with E-state index in [2.05, 4.69) is 10.3 Å². The molecule has 162 valence electrons. The Labute approximate surface area is 182 Å². The van der Waals surface area contributed by atoms with Crippen LogP contribution >= 0.6 is 24.0 Å². The number of benzene rings is 1. The first-order chi connectivity index (χ1) is 12.9. The Bertz CT molecular complexity index is 554. The van der Waals surface area contributed by atoms with Crippen molar-refractivity contribution in [2.45, 2.75) is 32.5 Å². The van der Waals surface area contributed by atoms with Crippen LogP contribution in [0.25, 0.3) is 0 Å². The van der Waals surface area contributed by atoms with Gasteiger partial charge in [0.2, 0.25) is 0 Å². The van der Waals surface area contributed by atoms with Crippen LogP contribution in [0.15, 0.2) is 29.3 Å². The maximum atomic E-state index is 12.6. The normalized spacial score (nSPS) is 11.9. The Morgan fingerprint density at radius 2 is 1.79 bits per heavy atom. The number of guanidine groups is 1. The number of halogens is 4. The summed E-state index contributed by atoms with van der Waals surface area (Å²) in [6.07, 6.45) is -2.50. The van der Waals surface area contributed by atoms with Gasteiger partial charge in [-0.15, -0.1) is 24.0 Å². The van der Waals surface area contributed by atoms with Crippen molar-refractivity contribution in [3.63, 3.8) is 0 Å². The Kier molecular flexibility index (Phi) is 14.3. The van der Waals surface area contributed by atoms with Crippen LogP contribution in [0.4, 0.5) is 13.2 Å². The van der Waals surface area contributed by atoms with Gasteiger partial charge in [0.1, 0.15) is 0 Å². The van der Waals surface area contributed by atoms with Crippen molar-refractivity contribution in [1.82, 2.24) is 10.2 Å². The van der Waals surface area contributed by atoms with Gasteiger partial charge in [-0.25, -0.2) is 0 Å². The minimum atomic E-state index is -4.31. The molecule has 0 aromatic heterocycles. The van der Waals surface area contributed by atoms with Gasteiger partial charge in [0.05, 0.1) is 18.8 Å². The lowest BCUT2D eigenvalue weighted by atomic mass is 10.1. The number of alkyl halides is 3. The predicted octanol–water partition coefficient (Wildman–Crippen LogP) is 4.16. The van der Waals surface area contributed by atoms with Crippen molar-refractivity contribution in [1.29, 1.82) is 0 Å². The number of methoxy groups -OCH3 is 1. The lowest BCUT2D eigenvalue weighted by Crippen LogP contribution is -2.38. The molecule has 0 aliphatic heterocycles. The van der Waals surface area contributed by atoms with E-state index in [1.54, 1.807) is 7.11 Å². The zero-order valence-corrected chi connectivity index (χ0v) is 19.0. The zero-order chi connectivity index (χ0) is 20.1. The molecule has 0 aliphatic rings. The smallest absolute Gasteiger partial charge is 0.382 e. The quantitative estimate of drug-likeness (QED) is 0.207. The first kappa shape index (κ1) is 26.9. The van der Waals surface area contributed by atoms with Gasteiger partial charge in [-0.2, -0.15) is 13.2 Å². The number of ether oxygens (including phenoxy) is 2. The first-order valence-corrected chi connectivity index (χ1v) is 9.10. The predicted molar refractivity (Wildman–Crippen MR) is 116 cm³/mol. The van der Waals surface area contributed by atoms with E-state index in [1.165, 1.54) is 12.1 Å². The highest BCUT2D eigenvalue weighted by Gasteiger charge is 2.29. The van der Waals surface area contributed by atoms with E-state index in [4.69, 9.17) is 9.47 Å². The van der Waals surface area contributed by atoms with Gasteiger partial charge < -0.3 is 19.7 Å². The fourth-order valence-electron chi connectivity index (χ4n) is 2.36. The summed E-state index contributed by atoms with van der Waals surface area (Å²) in [5, 5.41) is 3.21. The van der Waals surface area contributed by atoms with Crippen LogP contribution in [0.1, 0.15) is 30.9 Å². The SMILES string of the molecule is CCNC(=NCCCCOCCOC)N(C)Cc1ccc(C(F)(F)F)cc1.I. The molecule has 0 radical (unpaired) electrons. The molecule has 9 heteroatoms. The van der Waals surface area contributed by atoms with Crippen molar-refractivity contribution in [2.24, 2.45) is 4.99 Å². The molecule has 0 amide bonds. The summed E-state index contributed by atoms with van der Waals surface area (Å²) in [4.78, 5) is 6.48. The second kappa shape index (κ2) is 14.9. The van der Waals surface area contributed by atoms with E-state index in [9.17, 15) is 13.2 Å². The second-order valence-electron chi connectivity index (χ2n) is 6.10. The number of unbranched alkanes of at least 4 members (excludes halogenated alkanes) is 1. The van der Waals surface area contributed by atoms with Crippen LogP contribution in [0.5, 0.6) is 0 Å². The van der Waals surface area contributed by atoms with Gasteiger partial charge in [0.25, 0.3) is 0 Å². The summed E-state index contributed by atoms with van der Waals surface area (Å²) in [5.41, 5.74) is 0.157. The molecule has 0 fully saturated rings. The molecule has 0 unspecified atom stereocenters. The standard InChI is InChI=1S/C19H30F3N3O2.HI/c1-4-23-18(24-11-5-6-12-27-14-13-26-3)25(2)15-16-7-9-17(10-8-16)19(20,21)22;/h7-10H,4-6,11-15H2,1-3H3,(H,23,24);1H. The van der Waals surface area contributed by atoms with Gasteiger partial charge in [-0.1, -0.05) is 12.1 Å². The summed E-state index contributed by atoms with van der Waals surface area (Å²) in [7, 11) is 3.51. The van der Waals surface area contributed by atoms with Crippen molar-refractivity contribution >= 4 is 29.9 Å². The van der Waals surface area contributed by atoms with Crippen LogP contribution in [0.2, 0.25) is 0 Å². The third kappa shape index (κ3) is 11.1. The summed E-state index contributed by atoms with van der Waals surface area (Å²) < 4.78 is 48.3. The highest BCUT2D eigenvalue weighted by molar-refractivity contribution is 14.0. The molecule has 0 saturated heterocycles. The maximum Gasteiger partial charge on any atom is 0.416 e. The number of hydrogen-bond acceptors (Lipinski definition) is 3. The summed E-state index contributed by atoms with van der Waals surface area (Å²) in [6, 6.07) is 5.22. The Hall–Kier alpha value is -1.07. The highest BCUT2D eigenvalue weighted by atomic mass is 127. The maximum absolute atomic E-state index is 12.6. The number of hydrogen-bond donors (Lipinski definition) is 1. The van der Waals surface area contributed by atoms with Gasteiger partial charge in [-0.05, 0) is 37.5 Å². The topological polar surface area (TPSA) is 46.1 Å². The molecule has 0 aliphatic carbocycles. The monoisotopic (exact) mass is 517 g/mol. The van der Waals surface area contributed by atoms with E-state index in [0.29, 0.717) is 32.9 Å². The molecule has 0 bridgehead atoms. The molecular weight excluding hydrogens is 486 g/mol. The van der Waals surface area contributed by atoms with Crippen LogP contribution < -0.4 is 5.32 Å². The van der Waals surface area contributed by atoms with Gasteiger partial charge in [-0.3, -0.25) is 4.99 Å². The zero-order valence-electron chi connectivity index (χ0n) is 16.7. The Balaban J connectivity index is 0.00000729. The third-order valence-corrected chi connectivity index (χ3v) is 3.79. The molecule has 0 spiro atoms. The average molecular weight is 517 g/mol. The van der Waals surface area contributed by atoms with Crippen molar-refractivity contribution < 1.29 is 22.6 Å².